The zero-order valence-corrected chi connectivity index (χ0v) is 9.34. The molecule has 0 unspecified atom stereocenters. The molecule has 0 aromatic heterocycles. The number of hydrogen-bond acceptors (Lipinski definition) is 3. The third kappa shape index (κ3) is 2.30. The molecule has 1 heterocycles. The lowest BCUT2D eigenvalue weighted by molar-refractivity contribution is 0.411. The average molecular weight is 206 g/mol. The summed E-state index contributed by atoms with van der Waals surface area (Å²) in [5, 5.41) is 6.91. The Morgan fingerprint density at radius 2 is 2.20 bits per heavy atom. The molecular weight excluding hydrogens is 188 g/mol. The van der Waals surface area contributed by atoms with Gasteiger partial charge in [0.15, 0.2) is 0 Å². The highest BCUT2D eigenvalue weighted by Gasteiger charge is 2.15. The monoisotopic (exact) mass is 206 g/mol. The number of ether oxygens (including phenoxy) is 1. The third-order valence-electron chi connectivity index (χ3n) is 2.89. The van der Waals surface area contributed by atoms with E-state index in [2.05, 4.69) is 29.7 Å². The predicted octanol–water partition coefficient (Wildman–Crippen LogP) is 1.24. The maximum absolute atomic E-state index is 5.20. The van der Waals surface area contributed by atoms with Gasteiger partial charge < -0.3 is 15.4 Å². The smallest absolute Gasteiger partial charge is 0.119 e. The van der Waals surface area contributed by atoms with E-state index in [0.717, 1.165) is 25.4 Å². The van der Waals surface area contributed by atoms with Crippen LogP contribution < -0.4 is 15.4 Å². The summed E-state index contributed by atoms with van der Waals surface area (Å²) in [4.78, 5) is 0. The number of aryl methyl sites for hydroxylation is 1. The molecule has 1 aliphatic heterocycles. The van der Waals surface area contributed by atoms with Gasteiger partial charge in [-0.05, 0) is 30.2 Å². The van der Waals surface area contributed by atoms with Crippen LogP contribution in [0.15, 0.2) is 18.2 Å². The van der Waals surface area contributed by atoms with Crippen molar-refractivity contribution in [2.45, 2.75) is 13.0 Å². The molecule has 0 amide bonds. The Kier molecular flexibility index (Phi) is 3.23. The molecule has 1 aliphatic rings. The largest absolute Gasteiger partial charge is 0.497 e. The lowest BCUT2D eigenvalue weighted by Crippen LogP contribution is -2.42. The number of piperazine rings is 1. The van der Waals surface area contributed by atoms with E-state index in [0.29, 0.717) is 6.04 Å². The summed E-state index contributed by atoms with van der Waals surface area (Å²) < 4.78 is 5.20. The molecule has 82 valence electrons. The van der Waals surface area contributed by atoms with Crippen LogP contribution in [0.4, 0.5) is 0 Å². The van der Waals surface area contributed by atoms with Crippen LogP contribution in [0.5, 0.6) is 5.75 Å². The standard InChI is InChI=1S/C12H18N2O/c1-9-7-10(15-2)3-4-11(9)12-8-13-5-6-14-12/h3-4,7,12-14H,5-6,8H2,1-2H3/t12-/m1/s1. The van der Waals surface area contributed by atoms with E-state index in [4.69, 9.17) is 4.74 Å². The van der Waals surface area contributed by atoms with Crippen molar-refractivity contribution in [3.63, 3.8) is 0 Å². The van der Waals surface area contributed by atoms with Crippen LogP contribution in [0.1, 0.15) is 17.2 Å². The maximum atomic E-state index is 5.20. The summed E-state index contributed by atoms with van der Waals surface area (Å²) in [5.74, 6) is 0.931. The minimum atomic E-state index is 0.435. The van der Waals surface area contributed by atoms with E-state index in [9.17, 15) is 0 Å². The number of nitrogens with one attached hydrogen (secondary N) is 2. The van der Waals surface area contributed by atoms with Gasteiger partial charge in [-0.1, -0.05) is 6.07 Å². The predicted molar refractivity (Wildman–Crippen MR) is 61.3 cm³/mol. The Balaban J connectivity index is 2.19. The van der Waals surface area contributed by atoms with E-state index >= 15 is 0 Å². The minimum absolute atomic E-state index is 0.435. The quantitative estimate of drug-likeness (QED) is 0.763. The van der Waals surface area contributed by atoms with Crippen molar-refractivity contribution in [2.24, 2.45) is 0 Å². The maximum Gasteiger partial charge on any atom is 0.119 e. The molecule has 1 atom stereocenters. The highest BCUT2D eigenvalue weighted by molar-refractivity contribution is 5.37. The summed E-state index contributed by atoms with van der Waals surface area (Å²) in [7, 11) is 1.70. The van der Waals surface area contributed by atoms with Gasteiger partial charge in [0, 0.05) is 25.7 Å². The van der Waals surface area contributed by atoms with Crippen LogP contribution in [0.3, 0.4) is 0 Å². The van der Waals surface area contributed by atoms with Crippen molar-refractivity contribution in [3.05, 3.63) is 29.3 Å². The fraction of sp³-hybridized carbons (Fsp3) is 0.500. The highest BCUT2D eigenvalue weighted by Crippen LogP contribution is 2.22. The molecule has 1 aromatic rings. The van der Waals surface area contributed by atoms with Gasteiger partial charge >= 0.3 is 0 Å². The Morgan fingerprint density at radius 3 is 2.80 bits per heavy atom. The van der Waals surface area contributed by atoms with E-state index in [1.165, 1.54) is 11.1 Å². The van der Waals surface area contributed by atoms with E-state index in [1.807, 2.05) is 6.07 Å². The molecule has 0 aliphatic carbocycles. The first-order valence-corrected chi connectivity index (χ1v) is 5.40. The Hall–Kier alpha value is -1.06. The van der Waals surface area contributed by atoms with Crippen molar-refractivity contribution in [1.82, 2.24) is 10.6 Å². The molecule has 1 saturated heterocycles. The zero-order chi connectivity index (χ0) is 10.7. The molecule has 15 heavy (non-hydrogen) atoms. The van der Waals surface area contributed by atoms with Crippen LogP contribution in [-0.2, 0) is 0 Å². The Labute approximate surface area is 90.8 Å². The van der Waals surface area contributed by atoms with E-state index in [1.54, 1.807) is 7.11 Å². The molecule has 3 heteroatoms. The van der Waals surface area contributed by atoms with Gasteiger partial charge in [0.1, 0.15) is 5.75 Å². The van der Waals surface area contributed by atoms with Gasteiger partial charge in [0.05, 0.1) is 7.11 Å². The average Bonchev–Trinajstić information content (AvgIpc) is 2.30. The molecule has 0 bridgehead atoms. The van der Waals surface area contributed by atoms with Gasteiger partial charge in [0.25, 0.3) is 0 Å². The van der Waals surface area contributed by atoms with E-state index in [-0.39, 0.29) is 0 Å². The Bertz CT molecular complexity index is 332. The normalized spacial score (nSPS) is 21.3. The van der Waals surface area contributed by atoms with Gasteiger partial charge in [-0.25, -0.2) is 0 Å². The van der Waals surface area contributed by atoms with Crippen molar-refractivity contribution >= 4 is 0 Å². The van der Waals surface area contributed by atoms with Crippen molar-refractivity contribution in [3.8, 4) is 5.75 Å². The van der Waals surface area contributed by atoms with Gasteiger partial charge in [-0.2, -0.15) is 0 Å². The summed E-state index contributed by atoms with van der Waals surface area (Å²) >= 11 is 0. The first-order chi connectivity index (χ1) is 7.31. The molecular formula is C12H18N2O. The first-order valence-electron chi connectivity index (χ1n) is 5.40. The number of rotatable bonds is 2. The third-order valence-corrected chi connectivity index (χ3v) is 2.89. The number of hydrogen-bond donors (Lipinski definition) is 2. The molecule has 2 N–H and O–H groups in total. The molecule has 0 spiro atoms. The lowest BCUT2D eigenvalue weighted by atomic mass is 10.00. The SMILES string of the molecule is COc1ccc([C@H]2CNCCN2)c(C)c1. The van der Waals surface area contributed by atoms with E-state index < -0.39 is 0 Å². The number of benzene rings is 1. The zero-order valence-electron chi connectivity index (χ0n) is 9.34. The molecule has 3 nitrogen and oxygen atoms in total. The second-order valence-electron chi connectivity index (χ2n) is 3.93. The summed E-state index contributed by atoms with van der Waals surface area (Å²) in [6.07, 6.45) is 0. The first kappa shape index (κ1) is 10.5. The van der Waals surface area contributed by atoms with Crippen LogP contribution >= 0.6 is 0 Å². The number of methoxy groups -OCH3 is 1. The fourth-order valence-electron chi connectivity index (χ4n) is 2.04. The second-order valence-corrected chi connectivity index (χ2v) is 3.93. The molecule has 2 rings (SSSR count). The minimum Gasteiger partial charge on any atom is -0.497 e. The molecule has 1 fully saturated rings. The van der Waals surface area contributed by atoms with Crippen molar-refractivity contribution < 1.29 is 4.74 Å². The van der Waals surface area contributed by atoms with Gasteiger partial charge in [-0.15, -0.1) is 0 Å². The van der Waals surface area contributed by atoms with Crippen LogP contribution in [0.25, 0.3) is 0 Å². The Morgan fingerprint density at radius 1 is 1.33 bits per heavy atom. The second kappa shape index (κ2) is 4.64. The summed E-state index contributed by atoms with van der Waals surface area (Å²) in [5.41, 5.74) is 2.65. The molecule has 0 saturated carbocycles. The topological polar surface area (TPSA) is 33.3 Å². The highest BCUT2D eigenvalue weighted by atomic mass is 16.5. The van der Waals surface area contributed by atoms with Crippen molar-refractivity contribution in [1.29, 1.82) is 0 Å². The molecule has 1 aromatic carbocycles. The summed E-state index contributed by atoms with van der Waals surface area (Å²) in [6.45, 7) is 5.24. The fourth-order valence-corrected chi connectivity index (χ4v) is 2.04. The van der Waals surface area contributed by atoms with Crippen LogP contribution in [-0.4, -0.2) is 26.7 Å². The summed E-state index contributed by atoms with van der Waals surface area (Å²) in [6, 6.07) is 6.70. The molecule has 0 radical (unpaired) electrons. The van der Waals surface area contributed by atoms with Gasteiger partial charge in [-0.3, -0.25) is 0 Å². The van der Waals surface area contributed by atoms with Crippen LogP contribution in [0.2, 0.25) is 0 Å². The van der Waals surface area contributed by atoms with Crippen LogP contribution in [0, 0.1) is 6.92 Å². The lowest BCUT2D eigenvalue weighted by Gasteiger charge is -2.26. The van der Waals surface area contributed by atoms with Crippen molar-refractivity contribution in [2.75, 3.05) is 26.7 Å². The van der Waals surface area contributed by atoms with Gasteiger partial charge in [0.2, 0.25) is 0 Å².